The van der Waals surface area contributed by atoms with Crippen LogP contribution in [0, 0.1) is 17.8 Å². The predicted octanol–water partition coefficient (Wildman–Crippen LogP) is -0.848. The number of fused-ring (bicyclic) bond motifs is 1. The molecule has 0 saturated carbocycles. The average Bonchev–Trinajstić information content (AvgIpc) is 4.18. The number of guanidine groups is 2. The standard InChI is InChI=1S/C52H83N17O9/c1-28(2)20-38(65-45(72)37(16-11-19-60-52(55)56)64-48(75)40(67-43(70)35-14-9-17-58-35)23-31-25-61-34-13-8-7-12-33(31)34)46(73)63-36(15-10-18-59-51(53)54)44(71)66-39(21-29(3)4)47(74)68-41(24-32-26-57-27-62-32)49(76)69-42(50(77)78)22-30(5)6/h7-8,12-13,25-30,35-42,58,61H,9-11,14-24H2,1-6H3,(H,57,62)(H,63,73)(H,64,75)(H,65,72)(H,66,71)(H,67,70)(H,68,74)(H,69,76)(H,77,78)(H4,53,54,59)(H4,55,56,60)/t35-,36-,37-,38-,39-,40-,41-,42-/m0/s1. The number of para-hydroxylation sites is 1. The van der Waals surface area contributed by atoms with E-state index in [1.165, 1.54) is 12.5 Å². The molecule has 26 heteroatoms. The van der Waals surface area contributed by atoms with Crippen molar-refractivity contribution in [2.75, 3.05) is 19.6 Å². The number of benzene rings is 1. The fourth-order valence-electron chi connectivity index (χ4n) is 9.01. The average molecular weight is 1090 g/mol. The third-order valence-electron chi connectivity index (χ3n) is 12.9. The molecule has 0 aliphatic carbocycles. The molecule has 3 heterocycles. The Bertz CT molecular complexity index is 2510. The Hall–Kier alpha value is -7.77. The van der Waals surface area contributed by atoms with Crippen LogP contribution in [0.4, 0.5) is 0 Å². The molecule has 8 atom stereocenters. The molecule has 4 rings (SSSR count). The van der Waals surface area contributed by atoms with Gasteiger partial charge in [0, 0.05) is 54.9 Å². The van der Waals surface area contributed by atoms with E-state index in [1.807, 2.05) is 65.8 Å². The van der Waals surface area contributed by atoms with Crippen molar-refractivity contribution in [1.29, 1.82) is 0 Å². The number of amides is 7. The van der Waals surface area contributed by atoms with E-state index in [2.05, 4.69) is 67.5 Å². The van der Waals surface area contributed by atoms with E-state index in [0.717, 1.165) is 22.9 Å². The number of hydrogen-bond acceptors (Lipinski definition) is 12. The first-order valence-electron chi connectivity index (χ1n) is 26.7. The van der Waals surface area contributed by atoms with Gasteiger partial charge >= 0.3 is 5.97 Å². The summed E-state index contributed by atoms with van der Waals surface area (Å²) < 4.78 is 0. The van der Waals surface area contributed by atoms with E-state index in [4.69, 9.17) is 22.9 Å². The van der Waals surface area contributed by atoms with Gasteiger partial charge in [-0.2, -0.15) is 0 Å². The lowest BCUT2D eigenvalue weighted by Gasteiger charge is -2.29. The number of H-pyrrole nitrogens is 2. The van der Waals surface area contributed by atoms with Gasteiger partial charge in [-0.05, 0) is 93.7 Å². The predicted molar refractivity (Wildman–Crippen MR) is 295 cm³/mol. The second kappa shape index (κ2) is 31.5. The smallest absolute Gasteiger partial charge is 0.326 e. The van der Waals surface area contributed by atoms with Crippen LogP contribution in [0.3, 0.4) is 0 Å². The molecule has 430 valence electrons. The second-order valence-electron chi connectivity index (χ2n) is 21.0. The summed E-state index contributed by atoms with van der Waals surface area (Å²) in [6, 6.07) is -1.77. The summed E-state index contributed by atoms with van der Waals surface area (Å²) in [6.45, 7) is 11.8. The first-order valence-corrected chi connectivity index (χ1v) is 26.7. The van der Waals surface area contributed by atoms with Crippen molar-refractivity contribution in [3.63, 3.8) is 0 Å². The minimum absolute atomic E-state index is 0.0138. The third-order valence-corrected chi connectivity index (χ3v) is 12.9. The Morgan fingerprint density at radius 2 is 1.08 bits per heavy atom. The second-order valence-corrected chi connectivity index (χ2v) is 21.0. The highest BCUT2D eigenvalue weighted by Crippen LogP contribution is 2.20. The molecule has 7 amide bonds. The number of carbonyl (C=O) groups excluding carboxylic acids is 7. The molecule has 0 bridgehead atoms. The van der Waals surface area contributed by atoms with E-state index in [9.17, 15) is 43.5 Å². The molecule has 0 spiro atoms. The molecular weight excluding hydrogens is 1010 g/mol. The number of aromatic amines is 2. The number of aliphatic carboxylic acids is 1. The molecule has 3 aromatic rings. The largest absolute Gasteiger partial charge is 0.480 e. The number of imidazole rings is 1. The van der Waals surface area contributed by atoms with Gasteiger partial charge in [-0.25, -0.2) is 9.78 Å². The van der Waals surface area contributed by atoms with Crippen LogP contribution in [0.25, 0.3) is 10.9 Å². The molecule has 19 N–H and O–H groups in total. The van der Waals surface area contributed by atoms with Crippen LogP contribution in [0.15, 0.2) is 53.0 Å². The van der Waals surface area contributed by atoms with Gasteiger partial charge in [-0.3, -0.25) is 43.5 Å². The Balaban J connectivity index is 1.61. The molecule has 2 aromatic heterocycles. The fourth-order valence-corrected chi connectivity index (χ4v) is 9.01. The molecule has 1 aliphatic heterocycles. The summed E-state index contributed by atoms with van der Waals surface area (Å²) in [7, 11) is 0. The molecule has 1 aliphatic rings. The number of aliphatic imine (C=N–C) groups is 2. The Kier molecular flexibility index (Phi) is 25.3. The topological polar surface area (TPSA) is 426 Å². The monoisotopic (exact) mass is 1090 g/mol. The van der Waals surface area contributed by atoms with Crippen LogP contribution < -0.4 is 65.5 Å². The summed E-state index contributed by atoms with van der Waals surface area (Å²) in [5.41, 5.74) is 24.4. The number of nitrogens with one attached hydrogen (secondary N) is 10. The lowest BCUT2D eigenvalue weighted by molar-refractivity contribution is -0.142. The summed E-state index contributed by atoms with van der Waals surface area (Å²) >= 11 is 0. The summed E-state index contributed by atoms with van der Waals surface area (Å²) in [5.74, 6) is -6.88. The van der Waals surface area contributed by atoms with Crippen molar-refractivity contribution in [2.45, 2.75) is 161 Å². The number of nitrogens with zero attached hydrogens (tertiary/aromatic N) is 3. The van der Waals surface area contributed by atoms with Crippen LogP contribution in [-0.4, -0.2) is 147 Å². The zero-order valence-electron chi connectivity index (χ0n) is 45.7. The SMILES string of the molecule is CC(C)C[C@H](NC(=O)[C@H](Cc1cnc[nH]1)NC(=O)[C@H](CC(C)C)NC(=O)[C@H](CCCN=C(N)N)NC(=O)[C@H](CC(C)C)NC(=O)[C@H](CCCN=C(N)N)NC(=O)[C@H](Cc1c[nH]c2ccccc12)NC(=O)[C@@H]1CCCN1)C(=O)O. The normalized spacial score (nSPS) is 15.9. The number of carboxylic acids is 1. The van der Waals surface area contributed by atoms with Crippen molar-refractivity contribution in [1.82, 2.24) is 57.5 Å². The molecule has 1 fully saturated rings. The van der Waals surface area contributed by atoms with Gasteiger partial charge in [0.25, 0.3) is 0 Å². The van der Waals surface area contributed by atoms with E-state index < -0.39 is 89.7 Å². The fraction of sp³-hybridized carbons (Fsp3) is 0.596. The number of carboxylic acid groups (broad SMARTS) is 1. The molecule has 0 unspecified atom stereocenters. The highest BCUT2D eigenvalue weighted by molar-refractivity contribution is 5.98. The summed E-state index contributed by atoms with van der Waals surface area (Å²) in [6.07, 6.45) is 6.64. The maximum atomic E-state index is 14.5. The van der Waals surface area contributed by atoms with Crippen LogP contribution in [-0.2, 0) is 51.2 Å². The first-order chi connectivity index (χ1) is 37.0. The summed E-state index contributed by atoms with van der Waals surface area (Å²) in [5, 5.41) is 33.2. The van der Waals surface area contributed by atoms with Gasteiger partial charge in [-0.1, -0.05) is 59.7 Å². The Morgan fingerprint density at radius 3 is 1.55 bits per heavy atom. The molecule has 78 heavy (non-hydrogen) atoms. The zero-order chi connectivity index (χ0) is 57.5. The minimum Gasteiger partial charge on any atom is -0.480 e. The quantitative estimate of drug-likeness (QED) is 0.0201. The lowest BCUT2D eigenvalue weighted by atomic mass is 9.99. The van der Waals surface area contributed by atoms with Crippen LogP contribution in [0.2, 0.25) is 0 Å². The van der Waals surface area contributed by atoms with E-state index in [-0.39, 0.29) is 106 Å². The van der Waals surface area contributed by atoms with Crippen molar-refractivity contribution >= 4 is 70.1 Å². The lowest BCUT2D eigenvalue weighted by Crippen LogP contribution is -2.60. The number of rotatable bonds is 33. The van der Waals surface area contributed by atoms with Crippen LogP contribution in [0.1, 0.15) is 111 Å². The Morgan fingerprint density at radius 1 is 0.615 bits per heavy atom. The molecule has 26 nitrogen and oxygen atoms in total. The van der Waals surface area contributed by atoms with Gasteiger partial charge in [-0.15, -0.1) is 0 Å². The zero-order valence-corrected chi connectivity index (χ0v) is 45.7. The highest BCUT2D eigenvalue weighted by Gasteiger charge is 2.36. The van der Waals surface area contributed by atoms with Crippen molar-refractivity contribution in [3.05, 3.63) is 54.2 Å². The van der Waals surface area contributed by atoms with Crippen molar-refractivity contribution < 1.29 is 43.5 Å². The molecule has 1 aromatic carbocycles. The van der Waals surface area contributed by atoms with Gasteiger partial charge in [0.05, 0.1) is 12.4 Å². The number of aromatic nitrogens is 3. The van der Waals surface area contributed by atoms with Gasteiger partial charge in [0.1, 0.15) is 42.3 Å². The van der Waals surface area contributed by atoms with E-state index >= 15 is 0 Å². The van der Waals surface area contributed by atoms with Gasteiger partial charge < -0.3 is 80.5 Å². The highest BCUT2D eigenvalue weighted by atomic mass is 16.4. The minimum atomic E-state index is -1.32. The first kappa shape index (κ1) is 62.8. The number of carbonyl (C=O) groups is 8. The third kappa shape index (κ3) is 21.3. The van der Waals surface area contributed by atoms with Crippen LogP contribution >= 0.6 is 0 Å². The Labute approximate surface area is 454 Å². The van der Waals surface area contributed by atoms with Crippen molar-refractivity contribution in [2.24, 2.45) is 50.7 Å². The maximum absolute atomic E-state index is 14.5. The maximum Gasteiger partial charge on any atom is 0.326 e. The molecule has 0 radical (unpaired) electrons. The van der Waals surface area contributed by atoms with Gasteiger partial charge in [0.2, 0.25) is 41.4 Å². The summed E-state index contributed by atoms with van der Waals surface area (Å²) in [4.78, 5) is 130. The van der Waals surface area contributed by atoms with E-state index in [0.29, 0.717) is 18.7 Å². The number of nitrogens with two attached hydrogens (primary N) is 4. The van der Waals surface area contributed by atoms with Crippen LogP contribution in [0.5, 0.6) is 0 Å². The van der Waals surface area contributed by atoms with E-state index in [1.54, 1.807) is 6.20 Å². The molecular formula is C52H83N17O9. The van der Waals surface area contributed by atoms with Gasteiger partial charge in [0.15, 0.2) is 11.9 Å². The number of hydrogen-bond donors (Lipinski definition) is 15. The molecule has 1 saturated heterocycles. The van der Waals surface area contributed by atoms with Crippen molar-refractivity contribution in [3.8, 4) is 0 Å².